The second-order valence-corrected chi connectivity index (χ2v) is 5.61. The van der Waals surface area contributed by atoms with E-state index in [-0.39, 0.29) is 5.91 Å². The van der Waals surface area contributed by atoms with Gasteiger partial charge in [0.1, 0.15) is 10.6 Å². The van der Waals surface area contributed by atoms with E-state index in [0.717, 1.165) is 16.9 Å². The Hall–Kier alpha value is -2.41. The molecule has 22 heavy (non-hydrogen) atoms. The maximum atomic E-state index is 12.0. The molecule has 0 saturated heterocycles. The lowest BCUT2D eigenvalue weighted by Crippen LogP contribution is -2.30. The van der Waals surface area contributed by atoms with Gasteiger partial charge in [0.15, 0.2) is 11.2 Å². The Kier molecular flexibility index (Phi) is 5.11. The first kappa shape index (κ1) is 16.0. The van der Waals surface area contributed by atoms with Crippen molar-refractivity contribution in [3.63, 3.8) is 0 Å². The number of amides is 1. The van der Waals surface area contributed by atoms with Gasteiger partial charge in [-0.05, 0) is 26.0 Å². The molecule has 0 aliphatic carbocycles. The molecule has 1 aromatic heterocycles. The fourth-order valence-electron chi connectivity index (χ4n) is 1.61. The van der Waals surface area contributed by atoms with Crippen LogP contribution in [0.2, 0.25) is 0 Å². The van der Waals surface area contributed by atoms with Crippen LogP contribution in [0.15, 0.2) is 30.5 Å². The van der Waals surface area contributed by atoms with Crippen LogP contribution in [0.4, 0.5) is 5.13 Å². The van der Waals surface area contributed by atoms with Gasteiger partial charge in [0, 0.05) is 0 Å². The zero-order valence-electron chi connectivity index (χ0n) is 12.5. The maximum absolute atomic E-state index is 12.0. The van der Waals surface area contributed by atoms with Crippen molar-refractivity contribution < 1.29 is 19.1 Å². The maximum Gasteiger partial charge on any atom is 0.349 e. The van der Waals surface area contributed by atoms with Gasteiger partial charge in [-0.2, -0.15) is 0 Å². The van der Waals surface area contributed by atoms with Gasteiger partial charge in [-0.15, -0.1) is 0 Å². The standard InChI is InChI=1S/C15H16N2O4S/c1-9-4-6-11(7-5-9)21-10(2)13(18)17-15-16-8-12(22-15)14(19)20-3/h4-8,10H,1-3H3,(H,16,17,18). The molecule has 0 spiro atoms. The summed E-state index contributed by atoms with van der Waals surface area (Å²) in [6.07, 6.45) is 0.672. The normalized spacial score (nSPS) is 11.6. The summed E-state index contributed by atoms with van der Waals surface area (Å²) in [4.78, 5) is 27.7. The summed E-state index contributed by atoms with van der Waals surface area (Å²) in [5, 5.41) is 2.93. The molecule has 116 valence electrons. The largest absolute Gasteiger partial charge is 0.481 e. The average molecular weight is 320 g/mol. The minimum absolute atomic E-state index is 0.324. The molecule has 1 unspecified atom stereocenters. The summed E-state index contributed by atoms with van der Waals surface area (Å²) in [6, 6.07) is 7.42. The third-order valence-corrected chi connectivity index (χ3v) is 3.72. The molecule has 1 N–H and O–H groups in total. The summed E-state index contributed by atoms with van der Waals surface area (Å²) in [7, 11) is 1.29. The summed E-state index contributed by atoms with van der Waals surface area (Å²) in [5.41, 5.74) is 1.11. The van der Waals surface area contributed by atoms with Gasteiger partial charge < -0.3 is 9.47 Å². The highest BCUT2D eigenvalue weighted by Gasteiger charge is 2.18. The highest BCUT2D eigenvalue weighted by molar-refractivity contribution is 7.17. The second kappa shape index (κ2) is 7.04. The van der Waals surface area contributed by atoms with Crippen molar-refractivity contribution in [2.24, 2.45) is 0 Å². The van der Waals surface area contributed by atoms with E-state index in [1.54, 1.807) is 19.1 Å². The van der Waals surface area contributed by atoms with Crippen LogP contribution in [0.5, 0.6) is 5.75 Å². The number of hydrogen-bond acceptors (Lipinski definition) is 6. The molecule has 1 atom stereocenters. The molecule has 1 heterocycles. The van der Waals surface area contributed by atoms with Crippen molar-refractivity contribution in [1.82, 2.24) is 4.98 Å². The van der Waals surface area contributed by atoms with E-state index < -0.39 is 12.1 Å². The van der Waals surface area contributed by atoms with Gasteiger partial charge in [0.2, 0.25) is 0 Å². The quantitative estimate of drug-likeness (QED) is 0.857. The minimum atomic E-state index is -0.687. The van der Waals surface area contributed by atoms with Gasteiger partial charge >= 0.3 is 5.97 Å². The molecular formula is C15H16N2O4S. The number of benzene rings is 1. The van der Waals surface area contributed by atoms with E-state index in [4.69, 9.17) is 4.74 Å². The predicted octanol–water partition coefficient (Wildman–Crippen LogP) is 2.64. The number of methoxy groups -OCH3 is 1. The van der Waals surface area contributed by atoms with Crippen molar-refractivity contribution in [2.75, 3.05) is 12.4 Å². The fourth-order valence-corrected chi connectivity index (χ4v) is 2.35. The first-order chi connectivity index (χ1) is 10.5. The highest BCUT2D eigenvalue weighted by Crippen LogP contribution is 2.19. The van der Waals surface area contributed by atoms with Crippen LogP contribution in [0, 0.1) is 6.92 Å². The third-order valence-electron chi connectivity index (χ3n) is 2.83. The van der Waals surface area contributed by atoms with Crippen LogP contribution < -0.4 is 10.1 Å². The fraction of sp³-hybridized carbons (Fsp3) is 0.267. The zero-order chi connectivity index (χ0) is 16.1. The van der Waals surface area contributed by atoms with Crippen molar-refractivity contribution in [1.29, 1.82) is 0 Å². The minimum Gasteiger partial charge on any atom is -0.481 e. The topological polar surface area (TPSA) is 77.5 Å². The number of aromatic nitrogens is 1. The molecule has 0 radical (unpaired) electrons. The molecule has 0 saturated carbocycles. The molecular weight excluding hydrogens is 304 g/mol. The number of ether oxygens (including phenoxy) is 2. The van der Waals surface area contributed by atoms with Crippen molar-refractivity contribution in [3.05, 3.63) is 40.9 Å². The SMILES string of the molecule is COC(=O)c1cnc(NC(=O)C(C)Oc2ccc(C)cc2)s1. The molecule has 2 aromatic rings. The Labute approximate surface area is 132 Å². The zero-order valence-corrected chi connectivity index (χ0v) is 13.3. The van der Waals surface area contributed by atoms with Crippen LogP contribution in [0.1, 0.15) is 22.2 Å². The van der Waals surface area contributed by atoms with Crippen LogP contribution >= 0.6 is 11.3 Å². The van der Waals surface area contributed by atoms with Gasteiger partial charge in [-0.25, -0.2) is 9.78 Å². The van der Waals surface area contributed by atoms with Crippen molar-refractivity contribution >= 4 is 28.3 Å². The number of nitrogens with one attached hydrogen (secondary N) is 1. The smallest absolute Gasteiger partial charge is 0.349 e. The molecule has 1 amide bonds. The lowest BCUT2D eigenvalue weighted by Gasteiger charge is -2.13. The summed E-state index contributed by atoms with van der Waals surface area (Å²) < 4.78 is 10.1. The van der Waals surface area contributed by atoms with Crippen LogP contribution in [-0.4, -0.2) is 30.1 Å². The second-order valence-electron chi connectivity index (χ2n) is 4.58. The van der Waals surface area contributed by atoms with E-state index in [9.17, 15) is 9.59 Å². The van der Waals surface area contributed by atoms with Crippen molar-refractivity contribution in [3.8, 4) is 5.75 Å². The Morgan fingerprint density at radius 1 is 1.27 bits per heavy atom. The molecule has 1 aromatic carbocycles. The number of anilines is 1. The first-order valence-corrected chi connectivity index (χ1v) is 7.39. The van der Waals surface area contributed by atoms with Gasteiger partial charge in [0.25, 0.3) is 5.91 Å². The Bertz CT molecular complexity index is 666. The van der Waals surface area contributed by atoms with Crippen molar-refractivity contribution in [2.45, 2.75) is 20.0 Å². The van der Waals surface area contributed by atoms with E-state index >= 15 is 0 Å². The van der Waals surface area contributed by atoms with Crippen LogP contribution in [0.3, 0.4) is 0 Å². The van der Waals surface area contributed by atoms with E-state index in [2.05, 4.69) is 15.0 Å². The number of aryl methyl sites for hydroxylation is 1. The van der Waals surface area contributed by atoms with Crippen LogP contribution in [-0.2, 0) is 9.53 Å². The molecule has 2 rings (SSSR count). The number of carbonyl (C=O) groups is 2. The average Bonchev–Trinajstić information content (AvgIpc) is 2.97. The number of esters is 1. The Balaban J connectivity index is 1.94. The molecule has 0 fully saturated rings. The summed E-state index contributed by atoms with van der Waals surface area (Å²) in [5.74, 6) is -0.212. The Morgan fingerprint density at radius 3 is 2.59 bits per heavy atom. The predicted molar refractivity (Wildman–Crippen MR) is 83.4 cm³/mol. The number of thiazole rings is 1. The van der Waals surface area contributed by atoms with E-state index in [1.807, 2.05) is 19.1 Å². The number of rotatable bonds is 5. The lowest BCUT2D eigenvalue weighted by molar-refractivity contribution is -0.122. The molecule has 0 aliphatic rings. The Morgan fingerprint density at radius 2 is 1.95 bits per heavy atom. The number of nitrogens with zero attached hydrogens (tertiary/aromatic N) is 1. The highest BCUT2D eigenvalue weighted by atomic mass is 32.1. The van der Waals surface area contributed by atoms with Gasteiger partial charge in [-0.3, -0.25) is 10.1 Å². The molecule has 7 heteroatoms. The molecule has 0 bridgehead atoms. The first-order valence-electron chi connectivity index (χ1n) is 6.58. The third kappa shape index (κ3) is 4.05. The monoisotopic (exact) mass is 320 g/mol. The molecule has 6 nitrogen and oxygen atoms in total. The number of carbonyl (C=O) groups excluding carboxylic acids is 2. The summed E-state index contributed by atoms with van der Waals surface area (Å²) in [6.45, 7) is 3.62. The molecule has 0 aliphatic heterocycles. The van der Waals surface area contributed by atoms with E-state index in [1.165, 1.54) is 13.3 Å². The van der Waals surface area contributed by atoms with Gasteiger partial charge in [0.05, 0.1) is 13.3 Å². The van der Waals surface area contributed by atoms with E-state index in [0.29, 0.717) is 15.8 Å². The van der Waals surface area contributed by atoms with Crippen LogP contribution in [0.25, 0.3) is 0 Å². The lowest BCUT2D eigenvalue weighted by atomic mass is 10.2. The number of hydrogen-bond donors (Lipinski definition) is 1. The summed E-state index contributed by atoms with van der Waals surface area (Å²) >= 11 is 1.05. The van der Waals surface area contributed by atoms with Gasteiger partial charge in [-0.1, -0.05) is 29.0 Å².